The van der Waals surface area contributed by atoms with Crippen molar-refractivity contribution < 1.29 is 46.8 Å². The first-order chi connectivity index (χ1) is 32.4. The maximum atomic E-state index is 18.0. The van der Waals surface area contributed by atoms with Gasteiger partial charge in [0.25, 0.3) is 0 Å². The number of terminal acetylenes is 1. The van der Waals surface area contributed by atoms with Crippen LogP contribution in [0.25, 0.3) is 32.9 Å². The molecule has 0 aliphatic carbocycles. The topological polar surface area (TPSA) is 171 Å². The van der Waals surface area contributed by atoms with Crippen LogP contribution in [0.1, 0.15) is 106 Å². The van der Waals surface area contributed by atoms with Crippen molar-refractivity contribution in [3.63, 3.8) is 0 Å². The van der Waals surface area contributed by atoms with Crippen molar-refractivity contribution in [3.8, 4) is 35.5 Å². The highest BCUT2D eigenvalue weighted by molar-refractivity contribution is 6.10. The molecule has 3 atom stereocenters. The number of nitrogens with one attached hydrogen (secondary N) is 1. The number of alkyl halides is 1. The van der Waals surface area contributed by atoms with Gasteiger partial charge in [0, 0.05) is 46.9 Å². The summed E-state index contributed by atoms with van der Waals surface area (Å²) < 4.78 is 62.8. The maximum absolute atomic E-state index is 18.0. The van der Waals surface area contributed by atoms with E-state index in [-0.39, 0.29) is 84.1 Å². The summed E-state index contributed by atoms with van der Waals surface area (Å²) in [6, 6.07) is 10.9. The van der Waals surface area contributed by atoms with Crippen LogP contribution in [0.15, 0.2) is 48.7 Å². The summed E-state index contributed by atoms with van der Waals surface area (Å²) in [5, 5.41) is 3.93. The predicted molar refractivity (Wildman–Crippen MR) is 257 cm³/mol. The summed E-state index contributed by atoms with van der Waals surface area (Å²) in [5.41, 5.74) is -2.46. The van der Waals surface area contributed by atoms with Gasteiger partial charge in [-0.05, 0) is 118 Å². The third-order valence-electron chi connectivity index (χ3n) is 11.9. The lowest BCUT2D eigenvalue weighted by atomic mass is 9.95. The molecule has 3 aromatic heterocycles. The molecule has 0 unspecified atom stereocenters. The van der Waals surface area contributed by atoms with E-state index in [1.807, 2.05) is 11.8 Å². The average molecular weight is 949 g/mol. The van der Waals surface area contributed by atoms with Crippen molar-refractivity contribution in [1.29, 1.82) is 0 Å². The fourth-order valence-corrected chi connectivity index (χ4v) is 9.21. The third-order valence-corrected chi connectivity index (χ3v) is 11.9. The summed E-state index contributed by atoms with van der Waals surface area (Å²) in [5.74, 6) is 1.90. The quantitative estimate of drug-likeness (QED) is 0.115. The summed E-state index contributed by atoms with van der Waals surface area (Å²) in [6.45, 7) is 18.2. The van der Waals surface area contributed by atoms with Gasteiger partial charge in [0.1, 0.15) is 58.6 Å². The highest BCUT2D eigenvalue weighted by atomic mass is 19.1. The molecule has 0 bridgehead atoms. The minimum Gasteiger partial charge on any atom is -0.475 e. The number of fused-ring (bicyclic) bond motifs is 2. The molecule has 6 heterocycles. The van der Waals surface area contributed by atoms with Crippen molar-refractivity contribution in [1.82, 2.24) is 24.8 Å². The summed E-state index contributed by atoms with van der Waals surface area (Å²) in [4.78, 5) is 64.7. The Kier molecular flexibility index (Phi) is 12.8. The number of nitrogens with zero attached hydrogens (tertiary/aromatic N) is 7. The Morgan fingerprint density at radius 2 is 1.67 bits per heavy atom. The van der Waals surface area contributed by atoms with E-state index in [1.54, 1.807) is 105 Å². The van der Waals surface area contributed by atoms with Gasteiger partial charge in [-0.2, -0.15) is 14.9 Å². The minimum absolute atomic E-state index is 0.00590. The van der Waals surface area contributed by atoms with Crippen molar-refractivity contribution in [2.75, 3.05) is 48.0 Å². The standard InChI is InChI=1S/C51H58F2N8O8/c1-12-30-16-13-17-31-24-33(55-45(62)67-48(3,4)5)25-35(36(30)31)39-38(53)40-37-42(58-44(57-40)66-28-51-19-15-21-59(51)27-32(52)26-51)60(22-23-65-43(37)56-39)29(2)34-18-14-20-54-41(34)61(46(63)68-49(6,7)8)47(64)69-50(9,10)11/h1,13-14,16-18,20,24-25,29,32H,15,19,21-23,26-28H2,2-11H3,(H,55,62)/t29-,32-,51+/m1/s1. The Hall–Kier alpha value is -6.87. The first kappa shape index (κ1) is 48.6. The maximum Gasteiger partial charge on any atom is 0.425 e. The number of carbonyl (C=O) groups is 3. The van der Waals surface area contributed by atoms with Crippen molar-refractivity contribution in [3.05, 3.63) is 65.6 Å². The average Bonchev–Trinajstić information content (AvgIpc) is 3.71. The van der Waals surface area contributed by atoms with Crippen LogP contribution in [0, 0.1) is 18.2 Å². The number of imide groups is 1. The van der Waals surface area contributed by atoms with Gasteiger partial charge in [0.05, 0.1) is 18.1 Å². The largest absolute Gasteiger partial charge is 0.475 e. The Balaban J connectivity index is 1.31. The number of ether oxygens (including phenoxy) is 5. The van der Waals surface area contributed by atoms with E-state index < -0.39 is 58.7 Å². The Morgan fingerprint density at radius 3 is 2.35 bits per heavy atom. The molecule has 0 spiro atoms. The lowest BCUT2D eigenvalue weighted by molar-refractivity contribution is 0.0427. The van der Waals surface area contributed by atoms with Crippen LogP contribution in [-0.2, 0) is 14.2 Å². The van der Waals surface area contributed by atoms with Crippen LogP contribution in [0.2, 0.25) is 0 Å². The van der Waals surface area contributed by atoms with Gasteiger partial charge in [0.2, 0.25) is 5.88 Å². The van der Waals surface area contributed by atoms with Crippen LogP contribution < -0.4 is 24.6 Å². The number of pyridine rings is 2. The lowest BCUT2D eigenvalue weighted by Crippen LogP contribution is -2.45. The zero-order chi connectivity index (χ0) is 49.8. The molecule has 3 aliphatic rings. The SMILES string of the molecule is C#Cc1cccc2cc(NC(=O)OC(C)(C)C)cc(-c3nc4c5c(nc(OC[C@@]67CCCN6C[C@H](F)C7)nc5c3F)N([C@H](C)c3cccnc3N(C(=O)OC(C)(C)C)C(=O)OC(C)(C)C)CCO4)c12. The Labute approximate surface area is 400 Å². The van der Waals surface area contributed by atoms with E-state index in [2.05, 4.69) is 21.1 Å². The zero-order valence-electron chi connectivity index (χ0n) is 40.7. The molecule has 8 rings (SSSR count). The molecule has 3 aliphatic heterocycles. The van der Waals surface area contributed by atoms with Gasteiger partial charge in [0.15, 0.2) is 11.6 Å². The summed E-state index contributed by atoms with van der Waals surface area (Å²) >= 11 is 0. The van der Waals surface area contributed by atoms with Crippen LogP contribution in [0.4, 0.5) is 40.5 Å². The molecule has 2 fully saturated rings. The predicted octanol–water partition coefficient (Wildman–Crippen LogP) is 10.3. The van der Waals surface area contributed by atoms with Crippen molar-refractivity contribution in [2.45, 2.75) is 123 Å². The van der Waals surface area contributed by atoms with Crippen LogP contribution in [0.5, 0.6) is 11.9 Å². The molecule has 2 saturated heterocycles. The summed E-state index contributed by atoms with van der Waals surface area (Å²) in [6.07, 6.45) is 5.52. The molecule has 0 saturated carbocycles. The van der Waals surface area contributed by atoms with E-state index in [0.29, 0.717) is 28.3 Å². The Bertz CT molecular complexity index is 2860. The van der Waals surface area contributed by atoms with Crippen LogP contribution in [0.3, 0.4) is 0 Å². The fraction of sp³-hybridized carbons (Fsp3) is 0.471. The van der Waals surface area contributed by atoms with Gasteiger partial charge in [-0.3, -0.25) is 10.2 Å². The van der Waals surface area contributed by atoms with E-state index in [1.165, 1.54) is 6.20 Å². The first-order valence-electron chi connectivity index (χ1n) is 23.0. The molecule has 69 heavy (non-hydrogen) atoms. The number of rotatable bonds is 8. The number of benzene rings is 2. The van der Waals surface area contributed by atoms with E-state index in [4.69, 9.17) is 45.1 Å². The number of carbonyl (C=O) groups excluding carboxylic acids is 3. The molecular weight excluding hydrogens is 891 g/mol. The first-order valence-corrected chi connectivity index (χ1v) is 23.0. The lowest BCUT2D eigenvalue weighted by Gasteiger charge is -2.33. The smallest absolute Gasteiger partial charge is 0.425 e. The van der Waals surface area contributed by atoms with E-state index in [9.17, 15) is 18.8 Å². The molecule has 3 amide bonds. The third kappa shape index (κ3) is 10.1. The highest BCUT2D eigenvalue weighted by Gasteiger charge is 2.49. The number of hydrogen-bond acceptors (Lipinski definition) is 14. The van der Waals surface area contributed by atoms with Crippen molar-refractivity contribution >= 4 is 57.3 Å². The monoisotopic (exact) mass is 948 g/mol. The fourth-order valence-electron chi connectivity index (χ4n) is 9.21. The molecule has 16 nitrogen and oxygen atoms in total. The van der Waals surface area contributed by atoms with E-state index >= 15 is 4.39 Å². The second-order valence-corrected chi connectivity index (χ2v) is 20.6. The second kappa shape index (κ2) is 18.2. The molecule has 364 valence electrons. The Morgan fingerprint density at radius 1 is 0.957 bits per heavy atom. The molecule has 2 aromatic carbocycles. The van der Waals surface area contributed by atoms with Crippen LogP contribution >= 0.6 is 0 Å². The molecule has 5 aromatic rings. The van der Waals surface area contributed by atoms with E-state index in [0.717, 1.165) is 17.9 Å². The minimum atomic E-state index is -1.03. The second-order valence-electron chi connectivity index (χ2n) is 20.6. The van der Waals surface area contributed by atoms with Gasteiger partial charge >= 0.3 is 24.3 Å². The highest BCUT2D eigenvalue weighted by Crippen LogP contribution is 2.46. The number of aromatic nitrogens is 4. The molecule has 1 N–H and O–H groups in total. The zero-order valence-corrected chi connectivity index (χ0v) is 40.7. The number of halogens is 2. The van der Waals surface area contributed by atoms with Gasteiger partial charge < -0.3 is 28.6 Å². The molecule has 0 radical (unpaired) electrons. The number of hydrogen-bond donors (Lipinski definition) is 1. The molecule has 18 heteroatoms. The number of amides is 3. The number of anilines is 3. The summed E-state index contributed by atoms with van der Waals surface area (Å²) in [7, 11) is 0. The normalized spacial score (nSPS) is 18.7. The van der Waals surface area contributed by atoms with Crippen molar-refractivity contribution in [2.24, 2.45) is 0 Å². The molecular formula is C51H58F2N8O8. The van der Waals surface area contributed by atoms with Gasteiger partial charge in [-0.15, -0.1) is 6.42 Å². The van der Waals surface area contributed by atoms with Crippen LogP contribution in [-0.4, -0.2) is 104 Å². The van der Waals surface area contributed by atoms with Gasteiger partial charge in [-0.25, -0.2) is 33.1 Å². The van der Waals surface area contributed by atoms with Gasteiger partial charge in [-0.1, -0.05) is 24.1 Å².